The molecule has 0 saturated heterocycles. The molecule has 162 valence electrons. The maximum absolute atomic E-state index is 12.7. The number of nitrogens with zero attached hydrogens (tertiary/aromatic N) is 4. The molecule has 0 unspecified atom stereocenters. The molecule has 1 heterocycles. The Morgan fingerprint density at radius 2 is 1.77 bits per heavy atom. The standard InChI is InChI=1S/C24H30N6O/c1-3-29(18-20-10-5-4-6-11-20)23(31)17-27-24(25-2)26-16-21-12-7-8-13-22(21)19-30-15-9-14-28-30/h4-15H,3,16-19H2,1-2H3,(H2,25,26,27). The lowest BCUT2D eigenvalue weighted by Gasteiger charge is -2.22. The van der Waals surface area contributed by atoms with E-state index in [0.717, 1.165) is 11.1 Å². The zero-order chi connectivity index (χ0) is 21.9. The molecule has 0 atom stereocenters. The molecule has 1 aromatic heterocycles. The quantitative estimate of drug-likeness (QED) is 0.414. The highest BCUT2D eigenvalue weighted by molar-refractivity contribution is 5.86. The molecule has 3 aromatic rings. The third-order valence-corrected chi connectivity index (χ3v) is 5.04. The van der Waals surface area contributed by atoms with Crippen LogP contribution in [-0.2, 0) is 24.4 Å². The molecule has 2 aromatic carbocycles. The summed E-state index contributed by atoms with van der Waals surface area (Å²) in [5.74, 6) is 0.631. The van der Waals surface area contributed by atoms with Crippen LogP contribution < -0.4 is 10.6 Å². The van der Waals surface area contributed by atoms with Crippen molar-refractivity contribution in [3.05, 3.63) is 89.7 Å². The van der Waals surface area contributed by atoms with Crippen molar-refractivity contribution < 1.29 is 4.79 Å². The first kappa shape index (κ1) is 22.1. The predicted molar refractivity (Wildman–Crippen MR) is 124 cm³/mol. The van der Waals surface area contributed by atoms with E-state index in [1.807, 2.05) is 71.2 Å². The molecule has 0 saturated carbocycles. The molecule has 2 N–H and O–H groups in total. The lowest BCUT2D eigenvalue weighted by molar-refractivity contribution is -0.130. The number of aromatic nitrogens is 2. The number of nitrogens with one attached hydrogen (secondary N) is 2. The van der Waals surface area contributed by atoms with E-state index in [1.54, 1.807) is 13.2 Å². The first-order chi connectivity index (χ1) is 15.2. The van der Waals surface area contributed by atoms with Crippen LogP contribution in [0.4, 0.5) is 0 Å². The van der Waals surface area contributed by atoms with Crippen molar-refractivity contribution in [2.75, 3.05) is 20.1 Å². The van der Waals surface area contributed by atoms with Gasteiger partial charge in [-0.05, 0) is 29.7 Å². The molecule has 0 bridgehead atoms. The summed E-state index contributed by atoms with van der Waals surface area (Å²) in [5, 5.41) is 10.7. The zero-order valence-electron chi connectivity index (χ0n) is 18.2. The lowest BCUT2D eigenvalue weighted by Crippen LogP contribution is -2.44. The number of benzene rings is 2. The Balaban J connectivity index is 1.52. The first-order valence-electron chi connectivity index (χ1n) is 10.5. The molecular formula is C24H30N6O. The van der Waals surface area contributed by atoms with Crippen molar-refractivity contribution >= 4 is 11.9 Å². The van der Waals surface area contributed by atoms with Crippen molar-refractivity contribution in [3.63, 3.8) is 0 Å². The van der Waals surface area contributed by atoms with Crippen LogP contribution >= 0.6 is 0 Å². The molecule has 7 heteroatoms. The smallest absolute Gasteiger partial charge is 0.242 e. The van der Waals surface area contributed by atoms with Crippen molar-refractivity contribution in [2.24, 2.45) is 4.99 Å². The SMILES string of the molecule is CCN(Cc1ccccc1)C(=O)CNC(=NC)NCc1ccccc1Cn1cccn1. The first-order valence-corrected chi connectivity index (χ1v) is 10.5. The van der Waals surface area contributed by atoms with E-state index in [0.29, 0.717) is 32.1 Å². The van der Waals surface area contributed by atoms with Crippen LogP contribution in [0.25, 0.3) is 0 Å². The molecule has 0 spiro atoms. The molecule has 0 aliphatic heterocycles. The molecule has 31 heavy (non-hydrogen) atoms. The second-order valence-electron chi connectivity index (χ2n) is 7.15. The number of amides is 1. The zero-order valence-corrected chi connectivity index (χ0v) is 18.2. The van der Waals surface area contributed by atoms with E-state index in [2.05, 4.69) is 32.9 Å². The summed E-state index contributed by atoms with van der Waals surface area (Å²) in [4.78, 5) is 18.8. The molecule has 1 amide bonds. The van der Waals surface area contributed by atoms with Gasteiger partial charge in [0, 0.05) is 39.1 Å². The van der Waals surface area contributed by atoms with Crippen molar-refractivity contribution in [2.45, 2.75) is 26.6 Å². The minimum Gasteiger partial charge on any atom is -0.352 e. The third-order valence-electron chi connectivity index (χ3n) is 5.04. The van der Waals surface area contributed by atoms with E-state index >= 15 is 0 Å². The fraction of sp³-hybridized carbons (Fsp3) is 0.292. The Labute approximate surface area is 183 Å². The summed E-state index contributed by atoms with van der Waals surface area (Å²) < 4.78 is 1.90. The molecule has 0 aliphatic carbocycles. The Morgan fingerprint density at radius 3 is 2.45 bits per heavy atom. The Bertz CT molecular complexity index is 969. The largest absolute Gasteiger partial charge is 0.352 e. The number of aliphatic imine (C=N–C) groups is 1. The predicted octanol–water partition coefficient (Wildman–Crippen LogP) is 2.65. The molecule has 0 fully saturated rings. The van der Waals surface area contributed by atoms with E-state index < -0.39 is 0 Å². The number of hydrogen-bond acceptors (Lipinski definition) is 3. The number of hydrogen-bond donors (Lipinski definition) is 2. The monoisotopic (exact) mass is 418 g/mol. The second-order valence-corrected chi connectivity index (χ2v) is 7.15. The fourth-order valence-electron chi connectivity index (χ4n) is 3.30. The average molecular weight is 419 g/mol. The van der Waals surface area contributed by atoms with Gasteiger partial charge in [-0.1, -0.05) is 54.6 Å². The average Bonchev–Trinajstić information content (AvgIpc) is 3.32. The topological polar surface area (TPSA) is 74.6 Å². The van der Waals surface area contributed by atoms with Crippen LogP contribution in [-0.4, -0.2) is 46.7 Å². The molecular weight excluding hydrogens is 388 g/mol. The van der Waals surface area contributed by atoms with Gasteiger partial charge >= 0.3 is 0 Å². The van der Waals surface area contributed by atoms with E-state index in [-0.39, 0.29) is 12.5 Å². The Kier molecular flexibility index (Phi) is 8.22. The number of likely N-dealkylation sites (N-methyl/N-ethyl adjacent to an activating group) is 1. The molecule has 0 aliphatic rings. The Morgan fingerprint density at radius 1 is 1.03 bits per heavy atom. The van der Waals surface area contributed by atoms with Gasteiger partial charge in [0.05, 0.1) is 13.1 Å². The van der Waals surface area contributed by atoms with Crippen LogP contribution in [0.3, 0.4) is 0 Å². The summed E-state index contributed by atoms with van der Waals surface area (Å²) in [7, 11) is 1.71. The van der Waals surface area contributed by atoms with E-state index in [4.69, 9.17) is 0 Å². The summed E-state index contributed by atoms with van der Waals surface area (Å²) in [6.07, 6.45) is 3.73. The van der Waals surface area contributed by atoms with Crippen LogP contribution in [0.15, 0.2) is 78.0 Å². The molecule has 0 radical (unpaired) electrons. The maximum Gasteiger partial charge on any atom is 0.242 e. The normalized spacial score (nSPS) is 11.2. The van der Waals surface area contributed by atoms with Crippen molar-refractivity contribution in [3.8, 4) is 0 Å². The van der Waals surface area contributed by atoms with E-state index in [9.17, 15) is 4.79 Å². The van der Waals surface area contributed by atoms with E-state index in [1.165, 1.54) is 5.56 Å². The fourth-order valence-corrected chi connectivity index (χ4v) is 3.30. The summed E-state index contributed by atoms with van der Waals surface area (Å²) in [6, 6.07) is 20.2. The summed E-state index contributed by atoms with van der Waals surface area (Å²) >= 11 is 0. The van der Waals surface area contributed by atoms with Gasteiger partial charge in [-0.25, -0.2) is 0 Å². The molecule has 3 rings (SSSR count). The molecule has 7 nitrogen and oxygen atoms in total. The van der Waals surface area contributed by atoms with Gasteiger partial charge in [0.15, 0.2) is 5.96 Å². The van der Waals surface area contributed by atoms with Crippen molar-refractivity contribution in [1.82, 2.24) is 25.3 Å². The minimum absolute atomic E-state index is 0.0355. The number of guanidine groups is 1. The van der Waals surface area contributed by atoms with Gasteiger partial charge in [0.1, 0.15) is 0 Å². The number of rotatable bonds is 9. The number of carbonyl (C=O) groups is 1. The van der Waals surface area contributed by atoms with Crippen LogP contribution in [0.5, 0.6) is 0 Å². The van der Waals surface area contributed by atoms with Gasteiger partial charge in [-0.2, -0.15) is 5.10 Å². The van der Waals surface area contributed by atoms with Gasteiger partial charge in [-0.15, -0.1) is 0 Å². The van der Waals surface area contributed by atoms with Crippen LogP contribution in [0, 0.1) is 0 Å². The maximum atomic E-state index is 12.7. The highest BCUT2D eigenvalue weighted by atomic mass is 16.2. The highest BCUT2D eigenvalue weighted by Crippen LogP contribution is 2.10. The third kappa shape index (κ3) is 6.70. The summed E-state index contributed by atoms with van der Waals surface area (Å²) in [6.45, 7) is 4.75. The van der Waals surface area contributed by atoms with Gasteiger partial charge in [0.2, 0.25) is 5.91 Å². The lowest BCUT2D eigenvalue weighted by atomic mass is 10.1. The Hall–Kier alpha value is -3.61. The number of carbonyl (C=O) groups excluding carboxylic acids is 1. The second kappa shape index (κ2) is 11.5. The van der Waals surface area contributed by atoms with Crippen LogP contribution in [0.1, 0.15) is 23.6 Å². The summed E-state index contributed by atoms with van der Waals surface area (Å²) in [5.41, 5.74) is 3.46. The van der Waals surface area contributed by atoms with Crippen molar-refractivity contribution in [1.29, 1.82) is 0 Å². The highest BCUT2D eigenvalue weighted by Gasteiger charge is 2.13. The van der Waals surface area contributed by atoms with Gasteiger partial charge in [0.25, 0.3) is 0 Å². The van der Waals surface area contributed by atoms with Gasteiger partial charge < -0.3 is 15.5 Å². The van der Waals surface area contributed by atoms with Crippen LogP contribution in [0.2, 0.25) is 0 Å². The van der Waals surface area contributed by atoms with Gasteiger partial charge in [-0.3, -0.25) is 14.5 Å². The minimum atomic E-state index is 0.0355.